The first kappa shape index (κ1) is 41.1. The van der Waals surface area contributed by atoms with Crippen molar-refractivity contribution in [2.24, 2.45) is 0 Å². The monoisotopic (exact) mass is 804 g/mol. The molecule has 2 saturated heterocycles. The molecule has 14 nitrogen and oxygen atoms in total. The minimum atomic E-state index is -0.625. The van der Waals surface area contributed by atoms with Crippen molar-refractivity contribution >= 4 is 34.2 Å². The highest BCUT2D eigenvalue weighted by Gasteiger charge is 2.27. The van der Waals surface area contributed by atoms with Gasteiger partial charge in [-0.25, -0.2) is 14.5 Å². The zero-order valence-electron chi connectivity index (χ0n) is 33.2. The predicted octanol–water partition coefficient (Wildman–Crippen LogP) is 3.43. The quantitative estimate of drug-likeness (QED) is 0.134. The van der Waals surface area contributed by atoms with Gasteiger partial charge in [-0.2, -0.15) is 5.10 Å². The first-order chi connectivity index (χ1) is 28.8. The summed E-state index contributed by atoms with van der Waals surface area (Å²) in [4.78, 5) is 61.8. The molecule has 3 aromatic carbocycles. The lowest BCUT2D eigenvalue weighted by molar-refractivity contribution is -0.131. The van der Waals surface area contributed by atoms with Crippen LogP contribution in [0.5, 0.6) is 0 Å². The fraction of sp³-hybridized carbons (Fsp3) is 0.364. The number of hydrogen-bond donors (Lipinski definition) is 3. The zero-order valence-corrected chi connectivity index (χ0v) is 33.2. The number of aromatic nitrogens is 3. The van der Waals surface area contributed by atoms with E-state index in [1.54, 1.807) is 34.2 Å². The van der Waals surface area contributed by atoms with Gasteiger partial charge in [-0.1, -0.05) is 55.5 Å². The lowest BCUT2D eigenvalue weighted by Crippen LogP contribution is -2.52. The molecule has 0 aliphatic carbocycles. The Morgan fingerprint density at radius 3 is 2.41 bits per heavy atom. The Morgan fingerprint density at radius 2 is 1.61 bits per heavy atom. The van der Waals surface area contributed by atoms with Crippen LogP contribution in [-0.4, -0.2) is 128 Å². The van der Waals surface area contributed by atoms with E-state index in [-0.39, 0.29) is 49.2 Å². The number of aryl methyl sites for hydroxylation is 1. The maximum absolute atomic E-state index is 14.9. The van der Waals surface area contributed by atoms with Gasteiger partial charge in [0.15, 0.2) is 5.69 Å². The van der Waals surface area contributed by atoms with E-state index in [1.807, 2.05) is 24.3 Å². The Hall–Kier alpha value is -6.03. The molecule has 2 aliphatic heterocycles. The Bertz CT molecular complexity index is 2340. The van der Waals surface area contributed by atoms with Crippen molar-refractivity contribution in [1.29, 1.82) is 0 Å². The minimum absolute atomic E-state index is 0.0467. The van der Waals surface area contributed by atoms with Crippen LogP contribution in [0.1, 0.15) is 44.6 Å². The number of amides is 3. The number of fused-ring (bicyclic) bond motifs is 1. The van der Waals surface area contributed by atoms with Crippen LogP contribution in [0.4, 0.5) is 10.1 Å². The van der Waals surface area contributed by atoms with Gasteiger partial charge in [0, 0.05) is 75.9 Å². The SMILES string of the molecule is CCc1cccc(-c2cnc(C(=O)NCCOCCNCC(=O)N3CCN(C(=O)c4cc(Cc5n[nH]c(=O)c6ccccc56)ccc4F)CC3)c(N3CCOCC3)c2)c1. The second-order valence-corrected chi connectivity index (χ2v) is 14.5. The van der Waals surface area contributed by atoms with Gasteiger partial charge in [0.25, 0.3) is 17.4 Å². The average molecular weight is 805 g/mol. The summed E-state index contributed by atoms with van der Waals surface area (Å²) < 4.78 is 26.2. The molecule has 0 unspecified atom stereocenters. The second-order valence-electron chi connectivity index (χ2n) is 14.5. The molecule has 0 bridgehead atoms. The Kier molecular flexibility index (Phi) is 13.7. The standard InChI is InChI=1S/C44H49FN8O6/c1-2-30-6-5-7-32(24-30)33-27-39(51-18-22-59-23-19-51)41(48-28-33)43(56)47-13-21-58-20-12-46-29-40(54)52-14-16-53(17-15-52)44(57)36-25-31(10-11-37(36)45)26-38-34-8-3-4-9-35(34)42(55)50-49-38/h3-11,24-25,27-28,46H,2,12-23,26,29H2,1H3,(H,47,56)(H,50,55). The highest BCUT2D eigenvalue weighted by atomic mass is 19.1. The number of benzene rings is 3. The summed E-state index contributed by atoms with van der Waals surface area (Å²) >= 11 is 0. The number of rotatable bonds is 15. The first-order valence-corrected chi connectivity index (χ1v) is 20.1. The van der Waals surface area contributed by atoms with Crippen LogP contribution in [0, 0.1) is 5.82 Å². The molecule has 308 valence electrons. The van der Waals surface area contributed by atoms with Crippen molar-refractivity contribution in [1.82, 2.24) is 35.6 Å². The minimum Gasteiger partial charge on any atom is -0.378 e. The van der Waals surface area contributed by atoms with Gasteiger partial charge < -0.3 is 34.8 Å². The third kappa shape index (κ3) is 10.2. The van der Waals surface area contributed by atoms with Crippen LogP contribution < -0.4 is 21.1 Å². The van der Waals surface area contributed by atoms with Gasteiger partial charge in [-0.05, 0) is 47.4 Å². The van der Waals surface area contributed by atoms with E-state index in [2.05, 4.69) is 55.8 Å². The number of piperazine rings is 1. The lowest BCUT2D eigenvalue weighted by Gasteiger charge is -2.35. The molecule has 3 amide bonds. The van der Waals surface area contributed by atoms with Crippen LogP contribution >= 0.6 is 0 Å². The average Bonchev–Trinajstić information content (AvgIpc) is 3.28. The van der Waals surface area contributed by atoms with E-state index in [1.165, 1.54) is 17.7 Å². The van der Waals surface area contributed by atoms with Crippen LogP contribution in [0.15, 0.2) is 83.8 Å². The molecule has 5 aromatic rings. The fourth-order valence-corrected chi connectivity index (χ4v) is 7.35. The van der Waals surface area contributed by atoms with Crippen LogP contribution in [-0.2, 0) is 27.1 Å². The highest BCUT2D eigenvalue weighted by molar-refractivity contribution is 5.98. The van der Waals surface area contributed by atoms with Gasteiger partial charge in [0.1, 0.15) is 5.82 Å². The number of anilines is 1. The van der Waals surface area contributed by atoms with E-state index in [0.29, 0.717) is 93.2 Å². The van der Waals surface area contributed by atoms with Crippen molar-refractivity contribution in [3.63, 3.8) is 0 Å². The smallest absolute Gasteiger partial charge is 0.272 e. The molecule has 4 heterocycles. The third-order valence-corrected chi connectivity index (χ3v) is 10.7. The number of aromatic amines is 1. The van der Waals surface area contributed by atoms with Crippen molar-refractivity contribution in [3.05, 3.63) is 123 Å². The summed E-state index contributed by atoms with van der Waals surface area (Å²) in [5.41, 5.74) is 5.34. The van der Waals surface area contributed by atoms with E-state index < -0.39 is 11.7 Å². The number of hydrogen-bond acceptors (Lipinski definition) is 10. The fourth-order valence-electron chi connectivity index (χ4n) is 7.35. The molecule has 2 aromatic heterocycles. The Morgan fingerprint density at radius 1 is 0.847 bits per heavy atom. The number of H-pyrrole nitrogens is 1. The number of nitrogens with one attached hydrogen (secondary N) is 3. The second kappa shape index (κ2) is 19.6. The topological polar surface area (TPSA) is 162 Å². The molecule has 0 spiro atoms. The van der Waals surface area contributed by atoms with Crippen LogP contribution in [0.2, 0.25) is 0 Å². The Labute approximate surface area is 341 Å². The number of carbonyl (C=O) groups excluding carboxylic acids is 3. The zero-order chi connectivity index (χ0) is 41.1. The van der Waals surface area contributed by atoms with Crippen molar-refractivity contribution in [3.8, 4) is 11.1 Å². The molecule has 0 saturated carbocycles. The predicted molar refractivity (Wildman–Crippen MR) is 222 cm³/mol. The van der Waals surface area contributed by atoms with Gasteiger partial charge in [-0.15, -0.1) is 0 Å². The molecule has 15 heteroatoms. The number of halogens is 1. The van der Waals surface area contributed by atoms with E-state index >= 15 is 0 Å². The van der Waals surface area contributed by atoms with E-state index in [4.69, 9.17) is 9.47 Å². The number of pyridine rings is 1. The third-order valence-electron chi connectivity index (χ3n) is 10.7. The van der Waals surface area contributed by atoms with Gasteiger partial charge in [-0.3, -0.25) is 19.2 Å². The van der Waals surface area contributed by atoms with Gasteiger partial charge in [0.2, 0.25) is 5.91 Å². The Balaban J connectivity index is 0.819. The molecule has 0 radical (unpaired) electrons. The van der Waals surface area contributed by atoms with Crippen molar-refractivity contribution in [2.75, 3.05) is 90.2 Å². The summed E-state index contributed by atoms with van der Waals surface area (Å²) in [6.07, 6.45) is 2.98. The van der Waals surface area contributed by atoms with Crippen LogP contribution in [0.3, 0.4) is 0 Å². The summed E-state index contributed by atoms with van der Waals surface area (Å²) in [5, 5.41) is 13.9. The number of morpholine rings is 1. The maximum Gasteiger partial charge on any atom is 0.272 e. The van der Waals surface area contributed by atoms with Crippen molar-refractivity contribution < 1.29 is 28.2 Å². The summed E-state index contributed by atoms with van der Waals surface area (Å²) in [7, 11) is 0. The number of nitrogens with zero attached hydrogens (tertiary/aromatic N) is 5. The molecular weight excluding hydrogens is 756 g/mol. The van der Waals surface area contributed by atoms with E-state index in [9.17, 15) is 23.6 Å². The van der Waals surface area contributed by atoms with Crippen molar-refractivity contribution in [2.45, 2.75) is 19.8 Å². The summed E-state index contributed by atoms with van der Waals surface area (Å²) in [6.45, 7) is 7.29. The van der Waals surface area contributed by atoms with Gasteiger partial charge in [0.05, 0.1) is 55.3 Å². The molecular formula is C44H49FN8O6. The largest absolute Gasteiger partial charge is 0.378 e. The summed E-state index contributed by atoms with van der Waals surface area (Å²) in [6, 6.07) is 21.9. The number of carbonyl (C=O) groups is 3. The first-order valence-electron chi connectivity index (χ1n) is 20.1. The molecule has 7 rings (SSSR count). The van der Waals surface area contributed by atoms with E-state index in [0.717, 1.165) is 23.2 Å². The van der Waals surface area contributed by atoms with Crippen LogP contribution in [0.25, 0.3) is 21.9 Å². The normalized spacial score (nSPS) is 14.4. The molecule has 0 atom stereocenters. The highest BCUT2D eigenvalue weighted by Crippen LogP contribution is 2.28. The summed E-state index contributed by atoms with van der Waals surface area (Å²) in [5.74, 6) is -1.45. The molecule has 2 aliphatic rings. The maximum atomic E-state index is 14.9. The molecule has 3 N–H and O–H groups in total. The number of ether oxygens (including phenoxy) is 2. The molecule has 2 fully saturated rings. The lowest BCUT2D eigenvalue weighted by atomic mass is 10.0. The molecule has 59 heavy (non-hydrogen) atoms. The van der Waals surface area contributed by atoms with Gasteiger partial charge >= 0.3 is 0 Å².